The quantitative estimate of drug-likeness (QED) is 0.796. The molecule has 2 fully saturated rings. The van der Waals surface area contributed by atoms with Crippen molar-refractivity contribution in [2.45, 2.75) is 5.60 Å². The number of nitrogens with zero attached hydrogens (tertiary/aromatic N) is 3. The minimum atomic E-state index is -0.789. The van der Waals surface area contributed by atoms with Crippen molar-refractivity contribution in [2.75, 3.05) is 44.4 Å². The summed E-state index contributed by atoms with van der Waals surface area (Å²) in [5, 5.41) is 0. The van der Waals surface area contributed by atoms with E-state index in [2.05, 4.69) is 4.98 Å². The number of amides is 2. The fourth-order valence-electron chi connectivity index (χ4n) is 3.28. The second-order valence-electron chi connectivity index (χ2n) is 6.42. The van der Waals surface area contributed by atoms with E-state index in [0.717, 1.165) is 0 Å². The molecule has 0 bridgehead atoms. The molecule has 0 unspecified atom stereocenters. The number of hydrogen-bond donors (Lipinski definition) is 0. The Hall–Kier alpha value is -2.71. The van der Waals surface area contributed by atoms with E-state index >= 15 is 0 Å². The summed E-state index contributed by atoms with van der Waals surface area (Å²) in [5.74, 6) is -0.0804. The summed E-state index contributed by atoms with van der Waals surface area (Å²) >= 11 is 0. The Labute approximate surface area is 150 Å². The summed E-state index contributed by atoms with van der Waals surface area (Å²) in [7, 11) is 0. The van der Waals surface area contributed by atoms with Gasteiger partial charge in [-0.05, 0) is 24.3 Å². The lowest BCUT2D eigenvalue weighted by Crippen LogP contribution is -2.61. The summed E-state index contributed by atoms with van der Waals surface area (Å²) in [6.07, 6.45) is 4.76. The number of anilines is 1. The van der Waals surface area contributed by atoms with Crippen LogP contribution in [0.3, 0.4) is 0 Å². The van der Waals surface area contributed by atoms with Gasteiger partial charge in [0.1, 0.15) is 12.2 Å². The molecular weight excluding hydrogens is 338 g/mol. The number of hydrogen-bond acceptors (Lipinski definition) is 6. The molecule has 26 heavy (non-hydrogen) atoms. The van der Waals surface area contributed by atoms with Gasteiger partial charge >= 0.3 is 0 Å². The zero-order valence-electron chi connectivity index (χ0n) is 14.2. The van der Waals surface area contributed by atoms with E-state index in [1.165, 1.54) is 6.26 Å². The summed E-state index contributed by atoms with van der Waals surface area (Å²) in [6, 6.07) is 6.92. The van der Waals surface area contributed by atoms with Crippen molar-refractivity contribution in [1.82, 2.24) is 9.88 Å². The maximum absolute atomic E-state index is 12.7. The molecule has 2 aromatic heterocycles. The number of carbonyl (C=O) groups is 2. The Balaban J connectivity index is 1.57. The highest BCUT2D eigenvalue weighted by molar-refractivity contribution is 5.95. The topological polar surface area (TPSA) is 85.1 Å². The number of aromatic nitrogens is 1. The van der Waals surface area contributed by atoms with Crippen molar-refractivity contribution in [3.8, 4) is 0 Å². The van der Waals surface area contributed by atoms with Gasteiger partial charge in [0.15, 0.2) is 5.76 Å². The van der Waals surface area contributed by atoms with Crippen LogP contribution in [-0.2, 0) is 14.3 Å². The number of carbonyl (C=O) groups excluding carboxylic acids is 2. The molecule has 136 valence electrons. The molecular formula is C18H19N3O5. The van der Waals surface area contributed by atoms with Gasteiger partial charge in [-0.25, -0.2) is 0 Å². The Morgan fingerprint density at radius 1 is 1.23 bits per heavy atom. The summed E-state index contributed by atoms with van der Waals surface area (Å²) < 4.78 is 16.8. The van der Waals surface area contributed by atoms with Crippen LogP contribution in [0.1, 0.15) is 10.6 Å². The number of morpholine rings is 1. The fraction of sp³-hybridized carbons (Fsp3) is 0.389. The molecule has 0 saturated carbocycles. The van der Waals surface area contributed by atoms with E-state index in [-0.39, 0.29) is 24.2 Å². The second-order valence-corrected chi connectivity index (χ2v) is 6.42. The minimum absolute atomic E-state index is 0.0684. The van der Waals surface area contributed by atoms with E-state index in [1.807, 2.05) is 6.07 Å². The predicted molar refractivity (Wildman–Crippen MR) is 90.7 cm³/mol. The largest absolute Gasteiger partial charge is 0.459 e. The molecule has 2 aliphatic rings. The Kier molecular flexibility index (Phi) is 4.44. The lowest BCUT2D eigenvalue weighted by molar-refractivity contribution is -0.145. The normalized spacial score (nSPS) is 23.9. The van der Waals surface area contributed by atoms with Crippen molar-refractivity contribution in [2.24, 2.45) is 0 Å². The van der Waals surface area contributed by atoms with Gasteiger partial charge in [-0.3, -0.25) is 14.6 Å². The molecule has 2 amide bonds. The van der Waals surface area contributed by atoms with Crippen molar-refractivity contribution in [3.63, 3.8) is 0 Å². The average Bonchev–Trinajstić information content (AvgIpc) is 3.13. The molecule has 1 spiro atoms. The van der Waals surface area contributed by atoms with Crippen LogP contribution >= 0.6 is 0 Å². The molecule has 8 heteroatoms. The molecule has 4 rings (SSSR count). The van der Waals surface area contributed by atoms with Gasteiger partial charge < -0.3 is 23.7 Å². The van der Waals surface area contributed by atoms with Crippen molar-refractivity contribution >= 4 is 17.5 Å². The molecule has 2 saturated heterocycles. The third-order valence-corrected chi connectivity index (χ3v) is 4.58. The Bertz CT molecular complexity index is 779. The monoisotopic (exact) mass is 357 g/mol. The summed E-state index contributed by atoms with van der Waals surface area (Å²) in [5.41, 5.74) is -0.0870. The predicted octanol–water partition coefficient (Wildman–Crippen LogP) is 0.949. The first-order chi connectivity index (χ1) is 12.7. The highest BCUT2D eigenvalue weighted by atomic mass is 16.6. The first-order valence-electron chi connectivity index (χ1n) is 8.42. The van der Waals surface area contributed by atoms with Gasteiger partial charge in [0.05, 0.1) is 44.5 Å². The maximum Gasteiger partial charge on any atom is 0.289 e. The first-order valence-corrected chi connectivity index (χ1v) is 8.42. The molecule has 2 aromatic rings. The molecule has 0 aromatic carbocycles. The minimum Gasteiger partial charge on any atom is -0.459 e. The first kappa shape index (κ1) is 16.7. The van der Waals surface area contributed by atoms with Gasteiger partial charge in [0.25, 0.3) is 11.8 Å². The third-order valence-electron chi connectivity index (χ3n) is 4.58. The molecule has 1 atom stereocenters. The molecule has 8 nitrogen and oxygen atoms in total. The van der Waals surface area contributed by atoms with E-state index in [9.17, 15) is 9.59 Å². The van der Waals surface area contributed by atoms with E-state index < -0.39 is 5.60 Å². The number of furan rings is 1. The van der Waals surface area contributed by atoms with Crippen LogP contribution in [0.2, 0.25) is 0 Å². The van der Waals surface area contributed by atoms with Crippen LogP contribution in [0.5, 0.6) is 0 Å². The van der Waals surface area contributed by atoms with Crippen LogP contribution in [-0.4, -0.2) is 66.8 Å². The van der Waals surface area contributed by atoms with Crippen LogP contribution in [0.25, 0.3) is 0 Å². The van der Waals surface area contributed by atoms with Crippen molar-refractivity contribution in [3.05, 3.63) is 48.7 Å². The molecule has 0 aliphatic carbocycles. The Morgan fingerprint density at radius 3 is 2.92 bits per heavy atom. The third kappa shape index (κ3) is 3.21. The highest BCUT2D eigenvalue weighted by Crippen LogP contribution is 2.27. The van der Waals surface area contributed by atoms with Crippen LogP contribution in [0.15, 0.2) is 47.3 Å². The SMILES string of the molecule is O=C(c1ccco1)N1CCOC[C@@]2(C1)CN(c1cccnc1)C(=O)CO2. The second kappa shape index (κ2) is 6.89. The zero-order chi connectivity index (χ0) is 18.0. The van der Waals surface area contributed by atoms with Crippen LogP contribution in [0.4, 0.5) is 5.69 Å². The van der Waals surface area contributed by atoms with E-state index in [4.69, 9.17) is 13.9 Å². The number of pyridine rings is 1. The van der Waals surface area contributed by atoms with Crippen molar-refractivity contribution in [1.29, 1.82) is 0 Å². The molecule has 0 N–H and O–H groups in total. The molecule has 4 heterocycles. The Morgan fingerprint density at radius 2 is 2.15 bits per heavy atom. The molecule has 2 aliphatic heterocycles. The van der Waals surface area contributed by atoms with Gasteiger partial charge in [-0.2, -0.15) is 0 Å². The zero-order valence-corrected chi connectivity index (χ0v) is 14.2. The number of ether oxygens (including phenoxy) is 2. The highest BCUT2D eigenvalue weighted by Gasteiger charge is 2.44. The van der Waals surface area contributed by atoms with Crippen molar-refractivity contribution < 1.29 is 23.5 Å². The van der Waals surface area contributed by atoms with Gasteiger partial charge in [-0.1, -0.05) is 0 Å². The lowest BCUT2D eigenvalue weighted by atomic mass is 10.0. The number of rotatable bonds is 2. The van der Waals surface area contributed by atoms with E-state index in [1.54, 1.807) is 40.4 Å². The smallest absolute Gasteiger partial charge is 0.289 e. The van der Waals surface area contributed by atoms with Gasteiger partial charge in [0, 0.05) is 12.7 Å². The van der Waals surface area contributed by atoms with Gasteiger partial charge in [-0.15, -0.1) is 0 Å². The van der Waals surface area contributed by atoms with Crippen LogP contribution in [0, 0.1) is 0 Å². The summed E-state index contributed by atoms with van der Waals surface area (Å²) in [4.78, 5) is 32.4. The lowest BCUT2D eigenvalue weighted by Gasteiger charge is -2.42. The van der Waals surface area contributed by atoms with E-state index in [0.29, 0.717) is 38.5 Å². The molecule has 0 radical (unpaired) electrons. The van der Waals surface area contributed by atoms with Crippen LogP contribution < -0.4 is 4.90 Å². The average molecular weight is 357 g/mol. The standard InChI is InChI=1S/C18H19N3O5/c22-16-10-26-18(12-21(16)14-3-1-5-19-9-14)11-20(6-8-24-13-18)17(23)15-4-2-7-25-15/h1-5,7,9H,6,8,10-13H2/t18-/m1/s1. The van der Waals surface area contributed by atoms with Gasteiger partial charge in [0.2, 0.25) is 0 Å². The fourth-order valence-corrected chi connectivity index (χ4v) is 3.28. The summed E-state index contributed by atoms with van der Waals surface area (Å²) in [6.45, 7) is 1.68. The maximum atomic E-state index is 12.7.